The van der Waals surface area contributed by atoms with Crippen molar-refractivity contribution in [1.29, 1.82) is 5.26 Å². The Morgan fingerprint density at radius 3 is 2.47 bits per heavy atom. The van der Waals surface area contributed by atoms with Gasteiger partial charge in [0, 0.05) is 19.2 Å². The molecule has 1 aromatic rings. The van der Waals surface area contributed by atoms with Gasteiger partial charge in [0.25, 0.3) is 0 Å². The Balaban J connectivity index is 2.19. The molecule has 92 valence electrons. The maximum absolute atomic E-state index is 9.55. The molecule has 0 radical (unpaired) electrons. The molecular formula is C14H21N3. The summed E-state index contributed by atoms with van der Waals surface area (Å²) in [4.78, 5) is 0. The van der Waals surface area contributed by atoms with Gasteiger partial charge < -0.3 is 0 Å². The SMILES string of the molecule is Cc1cc(CC2(C#N)CCCCCC2)n(C)n1. The molecule has 1 saturated carbocycles. The topological polar surface area (TPSA) is 41.6 Å². The number of aromatic nitrogens is 2. The fraction of sp³-hybridized carbons (Fsp3) is 0.714. The minimum Gasteiger partial charge on any atom is -0.272 e. The Kier molecular flexibility index (Phi) is 3.51. The van der Waals surface area contributed by atoms with E-state index in [0.717, 1.165) is 25.0 Å². The van der Waals surface area contributed by atoms with Crippen LogP contribution >= 0.6 is 0 Å². The summed E-state index contributed by atoms with van der Waals surface area (Å²) in [6.45, 7) is 2.01. The van der Waals surface area contributed by atoms with Gasteiger partial charge in [-0.05, 0) is 25.8 Å². The van der Waals surface area contributed by atoms with Crippen molar-refractivity contribution in [2.45, 2.75) is 51.9 Å². The van der Waals surface area contributed by atoms with Crippen LogP contribution in [0, 0.1) is 23.7 Å². The Morgan fingerprint density at radius 2 is 2.00 bits per heavy atom. The average Bonchev–Trinajstić information content (AvgIpc) is 2.54. The van der Waals surface area contributed by atoms with E-state index in [1.54, 1.807) is 0 Å². The number of hydrogen-bond donors (Lipinski definition) is 0. The molecule has 0 spiro atoms. The summed E-state index contributed by atoms with van der Waals surface area (Å²) in [6, 6.07) is 4.72. The molecule has 0 unspecified atom stereocenters. The van der Waals surface area contributed by atoms with Gasteiger partial charge in [-0.2, -0.15) is 10.4 Å². The van der Waals surface area contributed by atoms with Gasteiger partial charge in [0.1, 0.15) is 0 Å². The number of rotatable bonds is 2. The van der Waals surface area contributed by atoms with Gasteiger partial charge >= 0.3 is 0 Å². The first kappa shape index (κ1) is 12.2. The molecule has 0 aromatic carbocycles. The minimum atomic E-state index is -0.142. The largest absolute Gasteiger partial charge is 0.272 e. The Hall–Kier alpha value is -1.30. The lowest BCUT2D eigenvalue weighted by molar-refractivity contribution is 0.331. The molecule has 3 nitrogen and oxygen atoms in total. The van der Waals surface area contributed by atoms with E-state index in [1.807, 2.05) is 18.7 Å². The lowest BCUT2D eigenvalue weighted by Crippen LogP contribution is -2.22. The lowest BCUT2D eigenvalue weighted by Gasteiger charge is -2.24. The predicted molar refractivity (Wildman–Crippen MR) is 67.4 cm³/mol. The molecule has 1 heterocycles. The standard InChI is InChI=1S/C14H21N3/c1-12-9-13(17(2)16-12)10-14(11-15)7-5-3-4-6-8-14/h9H,3-8,10H2,1-2H3. The van der Waals surface area contributed by atoms with Crippen molar-refractivity contribution in [3.8, 4) is 6.07 Å². The molecule has 0 saturated heterocycles. The summed E-state index contributed by atoms with van der Waals surface area (Å²) in [6.07, 6.45) is 7.93. The van der Waals surface area contributed by atoms with Crippen LogP contribution in [0.25, 0.3) is 0 Å². The van der Waals surface area contributed by atoms with Crippen LogP contribution in [-0.2, 0) is 13.5 Å². The van der Waals surface area contributed by atoms with Crippen molar-refractivity contribution < 1.29 is 0 Å². The third kappa shape index (κ3) is 2.69. The second-order valence-corrected chi connectivity index (χ2v) is 5.38. The van der Waals surface area contributed by atoms with Crippen LogP contribution in [0.2, 0.25) is 0 Å². The summed E-state index contributed by atoms with van der Waals surface area (Å²) in [7, 11) is 1.98. The maximum Gasteiger partial charge on any atom is 0.0693 e. The molecule has 1 fully saturated rings. The zero-order valence-electron chi connectivity index (χ0n) is 10.9. The molecule has 1 aliphatic carbocycles. The molecule has 0 aliphatic heterocycles. The van der Waals surface area contributed by atoms with Gasteiger partial charge in [0.05, 0.1) is 17.2 Å². The molecule has 0 N–H and O–H groups in total. The van der Waals surface area contributed by atoms with E-state index >= 15 is 0 Å². The van der Waals surface area contributed by atoms with Crippen molar-refractivity contribution >= 4 is 0 Å². The van der Waals surface area contributed by atoms with Crippen molar-refractivity contribution in [1.82, 2.24) is 9.78 Å². The molecule has 0 bridgehead atoms. The van der Waals surface area contributed by atoms with Crippen molar-refractivity contribution in [2.24, 2.45) is 12.5 Å². The average molecular weight is 231 g/mol. The summed E-state index contributed by atoms with van der Waals surface area (Å²) >= 11 is 0. The molecule has 3 heteroatoms. The van der Waals surface area contributed by atoms with Gasteiger partial charge in [0.2, 0.25) is 0 Å². The highest BCUT2D eigenvalue weighted by molar-refractivity contribution is 5.15. The highest BCUT2D eigenvalue weighted by Crippen LogP contribution is 2.37. The van der Waals surface area contributed by atoms with E-state index in [2.05, 4.69) is 17.2 Å². The zero-order valence-corrected chi connectivity index (χ0v) is 10.9. The second kappa shape index (κ2) is 4.91. The van der Waals surface area contributed by atoms with Gasteiger partial charge in [-0.15, -0.1) is 0 Å². The number of aryl methyl sites for hydroxylation is 2. The van der Waals surface area contributed by atoms with Gasteiger partial charge in [-0.25, -0.2) is 0 Å². The van der Waals surface area contributed by atoms with Crippen LogP contribution in [0.15, 0.2) is 6.07 Å². The fourth-order valence-electron chi connectivity index (χ4n) is 2.91. The number of nitriles is 1. The Bertz CT molecular complexity index is 417. The fourth-order valence-corrected chi connectivity index (χ4v) is 2.91. The van der Waals surface area contributed by atoms with Crippen LogP contribution in [-0.4, -0.2) is 9.78 Å². The van der Waals surface area contributed by atoms with E-state index in [1.165, 1.54) is 31.4 Å². The van der Waals surface area contributed by atoms with E-state index in [0.29, 0.717) is 0 Å². The minimum absolute atomic E-state index is 0.142. The predicted octanol–water partition coefficient (Wildman–Crippen LogP) is 3.14. The van der Waals surface area contributed by atoms with E-state index in [-0.39, 0.29) is 5.41 Å². The summed E-state index contributed by atoms with van der Waals surface area (Å²) in [5.41, 5.74) is 2.10. The Morgan fingerprint density at radius 1 is 1.35 bits per heavy atom. The molecule has 0 atom stereocenters. The van der Waals surface area contributed by atoms with Crippen molar-refractivity contribution in [3.63, 3.8) is 0 Å². The van der Waals surface area contributed by atoms with Gasteiger partial charge in [0.15, 0.2) is 0 Å². The van der Waals surface area contributed by atoms with E-state index in [9.17, 15) is 5.26 Å². The molecular weight excluding hydrogens is 210 g/mol. The third-order valence-corrected chi connectivity index (χ3v) is 3.92. The maximum atomic E-state index is 9.55. The van der Waals surface area contributed by atoms with Crippen LogP contribution in [0.4, 0.5) is 0 Å². The van der Waals surface area contributed by atoms with Crippen LogP contribution in [0.1, 0.15) is 49.9 Å². The molecule has 17 heavy (non-hydrogen) atoms. The third-order valence-electron chi connectivity index (χ3n) is 3.92. The van der Waals surface area contributed by atoms with Gasteiger partial charge in [-0.1, -0.05) is 25.7 Å². The number of hydrogen-bond acceptors (Lipinski definition) is 2. The number of nitrogens with zero attached hydrogens (tertiary/aromatic N) is 3. The lowest BCUT2D eigenvalue weighted by atomic mass is 9.78. The smallest absolute Gasteiger partial charge is 0.0693 e. The van der Waals surface area contributed by atoms with Gasteiger partial charge in [-0.3, -0.25) is 4.68 Å². The quantitative estimate of drug-likeness (QED) is 0.734. The summed E-state index contributed by atoms with van der Waals surface area (Å²) in [5, 5.41) is 13.9. The molecule has 0 amide bonds. The molecule has 2 rings (SSSR count). The monoisotopic (exact) mass is 231 g/mol. The normalized spacial score (nSPS) is 19.6. The van der Waals surface area contributed by atoms with E-state index in [4.69, 9.17) is 0 Å². The second-order valence-electron chi connectivity index (χ2n) is 5.38. The molecule has 1 aliphatic rings. The highest BCUT2D eigenvalue weighted by Gasteiger charge is 2.32. The summed E-state index contributed by atoms with van der Waals surface area (Å²) in [5.74, 6) is 0. The first-order valence-electron chi connectivity index (χ1n) is 6.56. The zero-order chi connectivity index (χ0) is 12.3. The van der Waals surface area contributed by atoms with Crippen molar-refractivity contribution in [3.05, 3.63) is 17.5 Å². The van der Waals surface area contributed by atoms with E-state index < -0.39 is 0 Å². The van der Waals surface area contributed by atoms with Crippen LogP contribution < -0.4 is 0 Å². The van der Waals surface area contributed by atoms with Crippen LogP contribution in [0.5, 0.6) is 0 Å². The first-order chi connectivity index (χ1) is 8.15. The van der Waals surface area contributed by atoms with Crippen molar-refractivity contribution in [2.75, 3.05) is 0 Å². The highest BCUT2D eigenvalue weighted by atomic mass is 15.3. The molecule has 1 aromatic heterocycles. The van der Waals surface area contributed by atoms with Crippen LogP contribution in [0.3, 0.4) is 0 Å². The first-order valence-corrected chi connectivity index (χ1v) is 6.56. The summed E-state index contributed by atoms with van der Waals surface area (Å²) < 4.78 is 1.93. The Labute approximate surface area is 103 Å².